The number of H-pyrrole nitrogens is 1. The van der Waals surface area contributed by atoms with Crippen LogP contribution in [0.1, 0.15) is 36.0 Å². The molecular weight excluding hydrogens is 272 g/mol. The van der Waals surface area contributed by atoms with E-state index in [0.717, 1.165) is 24.8 Å². The number of ketones is 1. The van der Waals surface area contributed by atoms with E-state index in [1.165, 1.54) is 12.1 Å². The van der Waals surface area contributed by atoms with E-state index >= 15 is 0 Å². The number of nitrogens with one attached hydrogen (secondary N) is 1. The van der Waals surface area contributed by atoms with E-state index in [4.69, 9.17) is 4.74 Å². The number of nitrogens with zero attached hydrogens (tertiary/aromatic N) is 1. The summed E-state index contributed by atoms with van der Waals surface area (Å²) in [5.74, 6) is -0.0386. The van der Waals surface area contributed by atoms with Gasteiger partial charge in [-0.25, -0.2) is 0 Å². The number of methoxy groups -OCH3 is 1. The summed E-state index contributed by atoms with van der Waals surface area (Å²) < 4.78 is 5.48. The molecule has 0 bridgehead atoms. The van der Waals surface area contributed by atoms with Crippen LogP contribution in [-0.4, -0.2) is 28.4 Å². The summed E-state index contributed by atoms with van der Waals surface area (Å²) in [5.41, 5.74) is 0.865. The maximum absolute atomic E-state index is 12.5. The van der Waals surface area contributed by atoms with Gasteiger partial charge < -0.3 is 9.72 Å². The molecule has 0 spiro atoms. The minimum Gasteiger partial charge on any atom is -0.378 e. The van der Waals surface area contributed by atoms with Crippen LogP contribution in [0.25, 0.3) is 10.9 Å². The van der Waals surface area contributed by atoms with Crippen molar-refractivity contribution in [1.82, 2.24) is 4.98 Å². The predicted molar refractivity (Wildman–Crippen MR) is 77.5 cm³/mol. The van der Waals surface area contributed by atoms with Crippen LogP contribution < -0.4 is 0 Å². The molecular formula is C15H16N2O4. The average Bonchev–Trinajstić information content (AvgIpc) is 2.85. The molecule has 1 aromatic carbocycles. The van der Waals surface area contributed by atoms with Gasteiger partial charge in [0.2, 0.25) is 0 Å². The number of nitro groups is 1. The molecule has 0 unspecified atom stereocenters. The lowest BCUT2D eigenvalue weighted by molar-refractivity contribution is -0.384. The Morgan fingerprint density at radius 2 is 2.24 bits per heavy atom. The lowest BCUT2D eigenvalue weighted by Gasteiger charge is -2.39. The Labute approximate surface area is 121 Å². The molecule has 1 aliphatic carbocycles. The Hall–Kier alpha value is -2.21. The van der Waals surface area contributed by atoms with Gasteiger partial charge in [0, 0.05) is 48.3 Å². The maximum Gasteiger partial charge on any atom is 0.270 e. The molecule has 0 saturated heterocycles. The zero-order valence-electron chi connectivity index (χ0n) is 11.7. The van der Waals surface area contributed by atoms with Crippen molar-refractivity contribution in [3.05, 3.63) is 40.1 Å². The minimum absolute atomic E-state index is 0.0127. The van der Waals surface area contributed by atoms with Crippen molar-refractivity contribution in [2.24, 2.45) is 0 Å². The van der Waals surface area contributed by atoms with Crippen molar-refractivity contribution in [1.29, 1.82) is 0 Å². The average molecular weight is 288 g/mol. The van der Waals surface area contributed by atoms with Gasteiger partial charge in [-0.05, 0) is 25.3 Å². The zero-order chi connectivity index (χ0) is 15.0. The van der Waals surface area contributed by atoms with Crippen molar-refractivity contribution < 1.29 is 14.5 Å². The highest BCUT2D eigenvalue weighted by molar-refractivity contribution is 6.08. The van der Waals surface area contributed by atoms with Crippen LogP contribution in [-0.2, 0) is 4.74 Å². The summed E-state index contributed by atoms with van der Waals surface area (Å²) in [6.45, 7) is 0. The van der Waals surface area contributed by atoms with Gasteiger partial charge in [-0.2, -0.15) is 0 Å². The van der Waals surface area contributed by atoms with E-state index in [0.29, 0.717) is 17.4 Å². The van der Waals surface area contributed by atoms with Crippen LogP contribution in [0.2, 0.25) is 0 Å². The summed E-state index contributed by atoms with van der Waals surface area (Å²) in [6.07, 6.45) is 4.79. The predicted octanol–water partition coefficient (Wildman–Crippen LogP) is 3.22. The first kappa shape index (κ1) is 13.8. The van der Waals surface area contributed by atoms with Crippen molar-refractivity contribution in [3.63, 3.8) is 0 Å². The fourth-order valence-corrected chi connectivity index (χ4v) is 2.86. The van der Waals surface area contributed by atoms with Crippen molar-refractivity contribution in [3.8, 4) is 0 Å². The molecule has 1 aromatic heterocycles. The molecule has 6 heteroatoms. The zero-order valence-corrected chi connectivity index (χ0v) is 11.7. The number of aromatic amines is 1. The fourth-order valence-electron chi connectivity index (χ4n) is 2.86. The van der Waals surface area contributed by atoms with E-state index in [9.17, 15) is 14.9 Å². The molecule has 0 atom stereocenters. The molecule has 110 valence electrons. The van der Waals surface area contributed by atoms with Crippen LogP contribution in [0, 0.1) is 10.1 Å². The highest BCUT2D eigenvalue weighted by atomic mass is 16.6. The SMILES string of the molecule is COC1(CC(=O)c2c[nH]c3ccc([N+](=O)[O-])cc23)CCC1. The number of hydrogen-bond acceptors (Lipinski definition) is 4. The van der Waals surface area contributed by atoms with Gasteiger partial charge in [0.15, 0.2) is 5.78 Å². The fraction of sp³-hybridized carbons (Fsp3) is 0.400. The van der Waals surface area contributed by atoms with Crippen LogP contribution in [0.4, 0.5) is 5.69 Å². The van der Waals surface area contributed by atoms with E-state index in [1.54, 1.807) is 19.4 Å². The molecule has 1 fully saturated rings. The second-order valence-electron chi connectivity index (χ2n) is 5.53. The smallest absolute Gasteiger partial charge is 0.270 e. The molecule has 1 N–H and O–H groups in total. The maximum atomic E-state index is 12.5. The summed E-state index contributed by atoms with van der Waals surface area (Å²) in [5, 5.41) is 11.5. The first-order chi connectivity index (χ1) is 10.0. The van der Waals surface area contributed by atoms with E-state index in [1.807, 2.05) is 0 Å². The molecule has 0 radical (unpaired) electrons. The van der Waals surface area contributed by atoms with Gasteiger partial charge in [-0.3, -0.25) is 14.9 Å². The molecule has 0 amide bonds. The standard InChI is InChI=1S/C15H16N2O4/c1-21-15(5-2-6-15)8-14(18)12-9-16-13-4-3-10(17(19)20)7-11(12)13/h3-4,7,9,16H,2,5-6,8H2,1H3. The topological polar surface area (TPSA) is 85.2 Å². The van der Waals surface area contributed by atoms with Gasteiger partial charge in [-0.1, -0.05) is 0 Å². The number of rotatable bonds is 5. The summed E-state index contributed by atoms with van der Waals surface area (Å²) in [6, 6.07) is 4.49. The van der Waals surface area contributed by atoms with Crippen LogP contribution >= 0.6 is 0 Å². The van der Waals surface area contributed by atoms with E-state index < -0.39 is 4.92 Å². The normalized spacial score (nSPS) is 16.6. The lowest BCUT2D eigenvalue weighted by Crippen LogP contribution is -2.41. The highest BCUT2D eigenvalue weighted by Gasteiger charge is 2.39. The third-order valence-corrected chi connectivity index (χ3v) is 4.36. The van der Waals surface area contributed by atoms with Crippen LogP contribution in [0.3, 0.4) is 0 Å². The van der Waals surface area contributed by atoms with Gasteiger partial charge in [-0.15, -0.1) is 0 Å². The third-order valence-electron chi connectivity index (χ3n) is 4.36. The molecule has 1 heterocycles. The van der Waals surface area contributed by atoms with Gasteiger partial charge in [0.1, 0.15) is 0 Å². The Balaban J connectivity index is 1.94. The number of carbonyl (C=O) groups excluding carboxylic acids is 1. The minimum atomic E-state index is -0.455. The molecule has 0 aliphatic heterocycles. The lowest BCUT2D eigenvalue weighted by atomic mass is 9.76. The largest absolute Gasteiger partial charge is 0.378 e. The molecule has 1 aliphatic rings. The number of non-ortho nitro benzene ring substituents is 1. The highest BCUT2D eigenvalue weighted by Crippen LogP contribution is 2.39. The number of aromatic nitrogens is 1. The van der Waals surface area contributed by atoms with Crippen molar-refractivity contribution in [2.45, 2.75) is 31.3 Å². The van der Waals surface area contributed by atoms with E-state index in [-0.39, 0.29) is 17.1 Å². The van der Waals surface area contributed by atoms with Crippen molar-refractivity contribution in [2.75, 3.05) is 7.11 Å². The number of fused-ring (bicyclic) bond motifs is 1. The monoisotopic (exact) mass is 288 g/mol. The summed E-state index contributed by atoms with van der Waals surface area (Å²) in [7, 11) is 1.63. The number of nitro benzene ring substituents is 1. The molecule has 2 aromatic rings. The van der Waals surface area contributed by atoms with Crippen LogP contribution in [0.15, 0.2) is 24.4 Å². The Morgan fingerprint density at radius 3 is 2.81 bits per heavy atom. The first-order valence-corrected chi connectivity index (χ1v) is 6.88. The van der Waals surface area contributed by atoms with Crippen molar-refractivity contribution >= 4 is 22.4 Å². The first-order valence-electron chi connectivity index (χ1n) is 6.88. The number of hydrogen-bond donors (Lipinski definition) is 1. The number of ether oxygens (including phenoxy) is 1. The second-order valence-corrected chi connectivity index (χ2v) is 5.53. The molecule has 1 saturated carbocycles. The van der Waals surface area contributed by atoms with Gasteiger partial charge in [0.25, 0.3) is 5.69 Å². The number of benzene rings is 1. The summed E-state index contributed by atoms with van der Waals surface area (Å²) in [4.78, 5) is 25.9. The third kappa shape index (κ3) is 2.31. The number of Topliss-reactive ketones (excluding diaryl/α,β-unsaturated/α-hetero) is 1. The Bertz CT molecular complexity index is 710. The Morgan fingerprint density at radius 1 is 1.48 bits per heavy atom. The number of carbonyl (C=O) groups is 1. The quantitative estimate of drug-likeness (QED) is 0.520. The van der Waals surface area contributed by atoms with E-state index in [2.05, 4.69) is 4.98 Å². The summed E-state index contributed by atoms with van der Waals surface area (Å²) >= 11 is 0. The van der Waals surface area contributed by atoms with Gasteiger partial charge in [0.05, 0.1) is 10.5 Å². The second kappa shape index (κ2) is 4.96. The van der Waals surface area contributed by atoms with Gasteiger partial charge >= 0.3 is 0 Å². The molecule has 21 heavy (non-hydrogen) atoms. The Kier molecular flexibility index (Phi) is 3.25. The molecule has 3 rings (SSSR count). The molecule has 6 nitrogen and oxygen atoms in total. The van der Waals surface area contributed by atoms with Crippen LogP contribution in [0.5, 0.6) is 0 Å².